The minimum atomic E-state index is -0.0808. The molecule has 0 bridgehead atoms. The van der Waals surface area contributed by atoms with E-state index in [4.69, 9.17) is 4.74 Å². The molecule has 0 aliphatic carbocycles. The van der Waals surface area contributed by atoms with E-state index in [9.17, 15) is 4.79 Å². The molecule has 2 aliphatic rings. The van der Waals surface area contributed by atoms with Crippen LogP contribution in [-0.4, -0.2) is 61.7 Å². The average molecular weight is 432 g/mol. The van der Waals surface area contributed by atoms with Gasteiger partial charge >= 0.3 is 0 Å². The second kappa shape index (κ2) is 9.44. The molecular weight excluding hydrogens is 402 g/mol. The first-order chi connectivity index (χ1) is 15.8. The van der Waals surface area contributed by atoms with Crippen LogP contribution in [0.15, 0.2) is 54.6 Å². The van der Waals surface area contributed by atoms with Gasteiger partial charge in [-0.1, -0.05) is 36.4 Å². The topological polar surface area (TPSA) is 69.7 Å². The molecule has 3 heterocycles. The fourth-order valence-corrected chi connectivity index (χ4v) is 4.42. The Balaban J connectivity index is 1.04. The van der Waals surface area contributed by atoms with E-state index in [1.54, 1.807) is 0 Å². The third-order valence-electron chi connectivity index (χ3n) is 6.17. The first-order valence-electron chi connectivity index (χ1n) is 11.4. The second-order valence-corrected chi connectivity index (χ2v) is 8.33. The Bertz CT molecular complexity index is 1090. The minimum Gasteiger partial charge on any atom is -0.478 e. The van der Waals surface area contributed by atoms with Crippen LogP contribution in [0.1, 0.15) is 12.8 Å². The van der Waals surface area contributed by atoms with Crippen molar-refractivity contribution in [1.29, 1.82) is 0 Å². The lowest BCUT2D eigenvalue weighted by Crippen LogP contribution is -2.46. The molecule has 32 heavy (non-hydrogen) atoms. The summed E-state index contributed by atoms with van der Waals surface area (Å²) in [7, 11) is 0. The van der Waals surface area contributed by atoms with Crippen molar-refractivity contribution in [2.24, 2.45) is 0 Å². The Hall–Kier alpha value is -3.32. The molecule has 0 radical (unpaired) electrons. The molecule has 1 fully saturated rings. The van der Waals surface area contributed by atoms with Gasteiger partial charge in [0.2, 0.25) is 11.8 Å². The third-order valence-corrected chi connectivity index (χ3v) is 6.17. The molecule has 1 aromatic heterocycles. The van der Waals surface area contributed by atoms with Crippen LogP contribution >= 0.6 is 0 Å². The number of rotatable bonds is 7. The molecule has 1 amide bonds. The summed E-state index contributed by atoms with van der Waals surface area (Å²) < 4.78 is 5.80. The minimum absolute atomic E-state index is 0.0808. The second-order valence-electron chi connectivity index (χ2n) is 8.33. The van der Waals surface area contributed by atoms with E-state index in [0.29, 0.717) is 18.3 Å². The van der Waals surface area contributed by atoms with Gasteiger partial charge < -0.3 is 20.3 Å². The summed E-state index contributed by atoms with van der Waals surface area (Å²) in [5.41, 5.74) is 2.18. The maximum atomic E-state index is 11.5. The number of anilines is 3. The highest BCUT2D eigenvalue weighted by Crippen LogP contribution is 2.28. The molecule has 1 saturated heterocycles. The van der Waals surface area contributed by atoms with Gasteiger partial charge in [-0.25, -0.2) is 0 Å². The van der Waals surface area contributed by atoms with Crippen molar-refractivity contribution in [2.45, 2.75) is 12.8 Å². The summed E-state index contributed by atoms with van der Waals surface area (Å²) in [5.74, 6) is 1.02. The van der Waals surface area contributed by atoms with Crippen LogP contribution in [0.3, 0.4) is 0 Å². The number of hydrogen-bond acceptors (Lipinski definition) is 6. The largest absolute Gasteiger partial charge is 0.478 e. The van der Waals surface area contributed by atoms with Gasteiger partial charge in [-0.3, -0.25) is 9.69 Å². The normalized spacial score (nSPS) is 16.4. The summed E-state index contributed by atoms with van der Waals surface area (Å²) in [6, 6.07) is 19.0. The fourth-order valence-electron chi connectivity index (χ4n) is 4.42. The number of pyridine rings is 1. The van der Waals surface area contributed by atoms with E-state index in [1.165, 1.54) is 16.5 Å². The number of benzene rings is 2. The number of amides is 1. The molecule has 7 nitrogen and oxygen atoms in total. The van der Waals surface area contributed by atoms with E-state index < -0.39 is 0 Å². The van der Waals surface area contributed by atoms with Crippen LogP contribution in [0, 0.1) is 0 Å². The summed E-state index contributed by atoms with van der Waals surface area (Å²) >= 11 is 0. The SMILES string of the molecule is O=C1CNc2ccc(OCCCCN3CCN(c4cccc5ccccc45)CC3)nc2N1. The first-order valence-corrected chi connectivity index (χ1v) is 11.4. The monoisotopic (exact) mass is 431 g/mol. The zero-order chi connectivity index (χ0) is 21.8. The van der Waals surface area contributed by atoms with Crippen LogP contribution in [0.2, 0.25) is 0 Å². The maximum absolute atomic E-state index is 11.5. The molecular formula is C25H29N5O2. The van der Waals surface area contributed by atoms with Crippen LogP contribution in [0.4, 0.5) is 17.2 Å². The molecule has 5 rings (SSSR count). The van der Waals surface area contributed by atoms with Gasteiger partial charge in [0.15, 0.2) is 5.82 Å². The molecule has 166 valence electrons. The maximum Gasteiger partial charge on any atom is 0.244 e. The van der Waals surface area contributed by atoms with Gasteiger partial charge in [0, 0.05) is 43.3 Å². The zero-order valence-corrected chi connectivity index (χ0v) is 18.2. The van der Waals surface area contributed by atoms with Gasteiger partial charge in [0.05, 0.1) is 18.8 Å². The average Bonchev–Trinajstić information content (AvgIpc) is 2.83. The Morgan fingerprint density at radius 3 is 2.69 bits per heavy atom. The fraction of sp³-hybridized carbons (Fsp3) is 0.360. The van der Waals surface area contributed by atoms with Crippen molar-refractivity contribution >= 4 is 33.9 Å². The summed E-state index contributed by atoms with van der Waals surface area (Å²) in [4.78, 5) is 20.9. The van der Waals surface area contributed by atoms with Crippen LogP contribution in [0.5, 0.6) is 5.88 Å². The number of carbonyl (C=O) groups is 1. The van der Waals surface area contributed by atoms with Crippen molar-refractivity contribution in [1.82, 2.24) is 9.88 Å². The number of ether oxygens (including phenoxy) is 1. The van der Waals surface area contributed by atoms with Gasteiger partial charge in [-0.15, -0.1) is 0 Å². The molecule has 7 heteroatoms. The van der Waals surface area contributed by atoms with Crippen LogP contribution in [0.25, 0.3) is 10.8 Å². The Kier molecular flexibility index (Phi) is 6.07. The third kappa shape index (κ3) is 4.62. The molecule has 2 aromatic carbocycles. The van der Waals surface area contributed by atoms with Gasteiger partial charge in [-0.2, -0.15) is 4.98 Å². The van der Waals surface area contributed by atoms with E-state index in [0.717, 1.165) is 51.3 Å². The first kappa shape index (κ1) is 20.6. The number of piperazine rings is 1. The van der Waals surface area contributed by atoms with E-state index in [-0.39, 0.29) is 12.5 Å². The Labute approximate surface area is 188 Å². The summed E-state index contributed by atoms with van der Waals surface area (Å²) in [6.45, 7) is 6.29. The molecule has 3 aromatic rings. The highest BCUT2D eigenvalue weighted by Gasteiger charge is 2.18. The zero-order valence-electron chi connectivity index (χ0n) is 18.2. The van der Waals surface area contributed by atoms with Crippen molar-refractivity contribution in [3.8, 4) is 5.88 Å². The van der Waals surface area contributed by atoms with Gasteiger partial charge in [0.1, 0.15) is 0 Å². The van der Waals surface area contributed by atoms with Crippen LogP contribution < -0.4 is 20.3 Å². The van der Waals surface area contributed by atoms with Crippen molar-refractivity contribution < 1.29 is 9.53 Å². The number of hydrogen-bond donors (Lipinski definition) is 2. The van der Waals surface area contributed by atoms with Gasteiger partial charge in [-0.05, 0) is 36.9 Å². The van der Waals surface area contributed by atoms with Crippen molar-refractivity contribution in [3.05, 3.63) is 54.6 Å². The molecule has 0 atom stereocenters. The van der Waals surface area contributed by atoms with Crippen molar-refractivity contribution in [3.63, 3.8) is 0 Å². The number of unbranched alkanes of at least 4 members (excludes halogenated alkanes) is 1. The van der Waals surface area contributed by atoms with Crippen LogP contribution in [-0.2, 0) is 4.79 Å². The van der Waals surface area contributed by atoms with E-state index in [1.807, 2.05) is 12.1 Å². The lowest BCUT2D eigenvalue weighted by Gasteiger charge is -2.36. The van der Waals surface area contributed by atoms with E-state index >= 15 is 0 Å². The Morgan fingerprint density at radius 1 is 0.938 bits per heavy atom. The Morgan fingerprint density at radius 2 is 1.78 bits per heavy atom. The summed E-state index contributed by atoms with van der Waals surface area (Å²) in [5, 5.41) is 8.45. The standard InChI is InChI=1S/C25H29N5O2/c31-23-18-26-21-10-11-24(28-25(21)27-23)32-17-4-3-12-29-13-15-30(16-14-29)22-9-5-7-19-6-1-2-8-20(19)22/h1-2,5-11,26H,3-4,12-18H2,(H,27,28,31). The molecule has 0 spiro atoms. The molecule has 2 aliphatic heterocycles. The number of nitrogens with zero attached hydrogens (tertiary/aromatic N) is 3. The number of fused-ring (bicyclic) bond motifs is 2. The number of aromatic nitrogens is 1. The lowest BCUT2D eigenvalue weighted by atomic mass is 10.1. The van der Waals surface area contributed by atoms with E-state index in [2.05, 4.69) is 67.9 Å². The highest BCUT2D eigenvalue weighted by atomic mass is 16.5. The lowest BCUT2D eigenvalue weighted by molar-refractivity contribution is -0.114. The molecule has 0 unspecified atom stereocenters. The quantitative estimate of drug-likeness (QED) is 0.558. The molecule has 0 saturated carbocycles. The van der Waals surface area contributed by atoms with Gasteiger partial charge in [0.25, 0.3) is 0 Å². The van der Waals surface area contributed by atoms with Crippen molar-refractivity contribution in [2.75, 3.05) is 61.4 Å². The number of carbonyl (C=O) groups excluding carboxylic acids is 1. The number of nitrogens with one attached hydrogen (secondary N) is 2. The predicted octanol–water partition coefficient (Wildman–Crippen LogP) is 3.58. The summed E-state index contributed by atoms with van der Waals surface area (Å²) in [6.07, 6.45) is 2.07. The highest BCUT2D eigenvalue weighted by molar-refractivity contribution is 5.99. The smallest absolute Gasteiger partial charge is 0.244 e. The predicted molar refractivity (Wildman–Crippen MR) is 129 cm³/mol. The molecule has 2 N–H and O–H groups in total.